The summed E-state index contributed by atoms with van der Waals surface area (Å²) in [5.74, 6) is 6.83. The normalized spacial score (nSPS) is 41.1. The molecular weight excluding hydrogens is 472 g/mol. The lowest BCUT2D eigenvalue weighted by molar-refractivity contribution is -0.322. The minimum absolute atomic E-state index is 0.0102. The van der Waals surface area contributed by atoms with E-state index in [2.05, 4.69) is 70.7 Å². The van der Waals surface area contributed by atoms with Crippen LogP contribution in [0.5, 0.6) is 0 Å². The molecule has 206 valence electrons. The number of ether oxygens (including phenoxy) is 2. The van der Waals surface area contributed by atoms with Crippen molar-refractivity contribution in [3.8, 4) is 11.8 Å². The minimum atomic E-state index is -0.884. The van der Waals surface area contributed by atoms with Gasteiger partial charge in [-0.15, -0.1) is 0 Å². The van der Waals surface area contributed by atoms with E-state index < -0.39 is 17.0 Å². The van der Waals surface area contributed by atoms with Crippen molar-refractivity contribution in [2.45, 2.75) is 115 Å². The first-order valence-electron chi connectivity index (χ1n) is 15.0. The number of hydrogen-bond donors (Lipinski definition) is 2. The van der Waals surface area contributed by atoms with E-state index in [1.165, 1.54) is 16.7 Å². The van der Waals surface area contributed by atoms with Crippen LogP contribution >= 0.6 is 0 Å². The van der Waals surface area contributed by atoms with E-state index in [0.29, 0.717) is 31.5 Å². The lowest BCUT2D eigenvalue weighted by Gasteiger charge is -2.58. The quantitative estimate of drug-likeness (QED) is 0.329. The third-order valence-electron chi connectivity index (χ3n) is 11.2. The molecule has 5 aliphatic rings. The van der Waals surface area contributed by atoms with Gasteiger partial charge in [-0.2, -0.15) is 0 Å². The van der Waals surface area contributed by atoms with E-state index in [9.17, 15) is 10.2 Å². The zero-order chi connectivity index (χ0) is 27.0. The zero-order valence-corrected chi connectivity index (χ0v) is 24.0. The SMILES string of the molecule is CCC#Cc1ccc([C@H]2CC3(C)C(CCC3(C)O)C3CCC4(O)CC5(CCC4=C32)OCC(C)(C)CO5)cc1. The van der Waals surface area contributed by atoms with Crippen molar-refractivity contribution < 1.29 is 19.7 Å². The van der Waals surface area contributed by atoms with Gasteiger partial charge in [-0.1, -0.05) is 57.2 Å². The molecule has 0 aromatic heterocycles. The Bertz CT molecular complexity index is 1170. The van der Waals surface area contributed by atoms with Gasteiger partial charge in [0.25, 0.3) is 0 Å². The molecule has 0 radical (unpaired) electrons. The summed E-state index contributed by atoms with van der Waals surface area (Å²) < 4.78 is 12.8. The first kappa shape index (κ1) is 26.6. The Morgan fingerprint density at radius 2 is 1.66 bits per heavy atom. The summed E-state index contributed by atoms with van der Waals surface area (Å²) in [6.45, 7) is 12.2. The number of rotatable bonds is 1. The summed E-state index contributed by atoms with van der Waals surface area (Å²) in [5, 5.41) is 23.9. The molecule has 6 rings (SSSR count). The van der Waals surface area contributed by atoms with Crippen molar-refractivity contribution >= 4 is 0 Å². The molecule has 6 atom stereocenters. The van der Waals surface area contributed by atoms with Crippen LogP contribution in [0.25, 0.3) is 0 Å². The van der Waals surface area contributed by atoms with Gasteiger partial charge in [-0.3, -0.25) is 0 Å². The van der Waals surface area contributed by atoms with E-state index in [1.54, 1.807) is 0 Å². The maximum atomic E-state index is 12.3. The Balaban J connectivity index is 1.41. The first-order chi connectivity index (χ1) is 17.9. The van der Waals surface area contributed by atoms with Crippen LogP contribution in [0.2, 0.25) is 0 Å². The van der Waals surface area contributed by atoms with Gasteiger partial charge in [-0.25, -0.2) is 0 Å². The molecule has 38 heavy (non-hydrogen) atoms. The number of allylic oxidation sites excluding steroid dienone is 1. The summed E-state index contributed by atoms with van der Waals surface area (Å²) >= 11 is 0. The van der Waals surface area contributed by atoms with Crippen molar-refractivity contribution in [2.24, 2.45) is 22.7 Å². The number of fused-ring (bicyclic) bond motifs is 4. The van der Waals surface area contributed by atoms with Gasteiger partial charge in [0, 0.05) is 41.6 Å². The van der Waals surface area contributed by atoms with Crippen molar-refractivity contribution in [1.29, 1.82) is 0 Å². The highest BCUT2D eigenvalue weighted by atomic mass is 16.7. The fourth-order valence-electron chi connectivity index (χ4n) is 8.76. The molecule has 4 nitrogen and oxygen atoms in total. The van der Waals surface area contributed by atoms with Gasteiger partial charge in [0.1, 0.15) is 0 Å². The molecule has 1 aromatic carbocycles. The van der Waals surface area contributed by atoms with Crippen LogP contribution in [-0.4, -0.2) is 40.4 Å². The second-order valence-electron chi connectivity index (χ2n) is 14.3. The highest BCUT2D eigenvalue weighted by Crippen LogP contribution is 2.67. The highest BCUT2D eigenvalue weighted by Gasteiger charge is 2.63. The van der Waals surface area contributed by atoms with Gasteiger partial charge in [-0.05, 0) is 80.6 Å². The van der Waals surface area contributed by atoms with Crippen molar-refractivity contribution in [1.82, 2.24) is 0 Å². The van der Waals surface area contributed by atoms with Gasteiger partial charge in [0.15, 0.2) is 5.79 Å². The van der Waals surface area contributed by atoms with Crippen LogP contribution in [0.1, 0.15) is 109 Å². The molecule has 0 amide bonds. The number of aliphatic hydroxyl groups is 2. The standard InChI is InChI=1S/C34H46O4/c1-6-7-8-23-9-11-24(12-10-23)26-19-31(4)27(14-16-32(31,5)35)25-13-17-33(36)20-34(18-15-28(33)29(25)26)37-21-30(2,3)22-38-34/h9-12,25-27,35-36H,6,13-22H2,1-5H3/t25?,26-,27?,31?,32?,33?/m1/s1. The van der Waals surface area contributed by atoms with Crippen LogP contribution < -0.4 is 0 Å². The maximum absolute atomic E-state index is 12.3. The average Bonchev–Trinajstić information content (AvgIpc) is 3.12. The van der Waals surface area contributed by atoms with Crippen molar-refractivity contribution in [2.75, 3.05) is 13.2 Å². The highest BCUT2D eigenvalue weighted by molar-refractivity contribution is 5.46. The van der Waals surface area contributed by atoms with Crippen LogP contribution in [-0.2, 0) is 9.47 Å². The molecule has 1 aliphatic heterocycles. The maximum Gasteiger partial charge on any atom is 0.171 e. The monoisotopic (exact) mass is 518 g/mol. The molecule has 5 unspecified atom stereocenters. The topological polar surface area (TPSA) is 58.9 Å². The fourth-order valence-corrected chi connectivity index (χ4v) is 8.76. The van der Waals surface area contributed by atoms with E-state index in [1.807, 2.05) is 0 Å². The van der Waals surface area contributed by atoms with Crippen LogP contribution in [0, 0.1) is 34.5 Å². The van der Waals surface area contributed by atoms with Crippen LogP contribution in [0.15, 0.2) is 35.4 Å². The molecule has 2 N–H and O–H groups in total. The third kappa shape index (κ3) is 4.12. The van der Waals surface area contributed by atoms with E-state index in [-0.39, 0.29) is 16.7 Å². The summed E-state index contributed by atoms with van der Waals surface area (Å²) in [5.41, 5.74) is 3.38. The van der Waals surface area contributed by atoms with Gasteiger partial charge >= 0.3 is 0 Å². The number of benzene rings is 1. The van der Waals surface area contributed by atoms with Crippen LogP contribution in [0.4, 0.5) is 0 Å². The van der Waals surface area contributed by atoms with Crippen molar-refractivity contribution in [3.05, 3.63) is 46.5 Å². The molecule has 4 fully saturated rings. The molecule has 1 aromatic rings. The molecule has 1 heterocycles. The molecule has 1 spiro atoms. The molecule has 0 bridgehead atoms. The predicted octanol–water partition coefficient (Wildman–Crippen LogP) is 6.49. The third-order valence-corrected chi connectivity index (χ3v) is 11.2. The molecule has 4 aliphatic carbocycles. The van der Waals surface area contributed by atoms with Crippen molar-refractivity contribution in [3.63, 3.8) is 0 Å². The second-order valence-corrected chi connectivity index (χ2v) is 14.3. The zero-order valence-electron chi connectivity index (χ0n) is 24.0. The summed E-state index contributed by atoms with van der Waals surface area (Å²) in [6.07, 6.45) is 7.55. The Morgan fingerprint density at radius 1 is 0.947 bits per heavy atom. The lowest BCUT2D eigenvalue weighted by Crippen LogP contribution is -2.58. The van der Waals surface area contributed by atoms with Gasteiger partial charge in [0.2, 0.25) is 0 Å². The average molecular weight is 519 g/mol. The largest absolute Gasteiger partial charge is 0.390 e. The summed E-state index contributed by atoms with van der Waals surface area (Å²) in [7, 11) is 0. The summed E-state index contributed by atoms with van der Waals surface area (Å²) in [6, 6.07) is 8.79. The first-order valence-corrected chi connectivity index (χ1v) is 15.0. The second kappa shape index (κ2) is 8.93. The molecule has 1 saturated heterocycles. The van der Waals surface area contributed by atoms with Gasteiger partial charge < -0.3 is 19.7 Å². The molecular formula is C34H46O4. The number of hydrogen-bond acceptors (Lipinski definition) is 4. The van der Waals surface area contributed by atoms with E-state index >= 15 is 0 Å². The lowest BCUT2D eigenvalue weighted by atomic mass is 9.50. The predicted molar refractivity (Wildman–Crippen MR) is 149 cm³/mol. The Morgan fingerprint density at radius 3 is 2.34 bits per heavy atom. The Hall–Kier alpha value is -1.64. The molecule has 4 heteroatoms. The Kier molecular flexibility index (Phi) is 6.25. The smallest absolute Gasteiger partial charge is 0.171 e. The van der Waals surface area contributed by atoms with Gasteiger partial charge in [0.05, 0.1) is 24.4 Å². The molecule has 3 saturated carbocycles. The fraction of sp³-hybridized carbons (Fsp3) is 0.706. The van der Waals surface area contributed by atoms with E-state index in [4.69, 9.17) is 9.47 Å². The Labute approximate surface area is 229 Å². The van der Waals surface area contributed by atoms with Crippen LogP contribution in [0.3, 0.4) is 0 Å². The summed E-state index contributed by atoms with van der Waals surface area (Å²) in [4.78, 5) is 0. The van der Waals surface area contributed by atoms with E-state index in [0.717, 1.165) is 56.9 Å². The minimum Gasteiger partial charge on any atom is -0.390 e.